The number of fused-ring (bicyclic) bond motifs is 1. The maximum atomic E-state index is 12.5. The zero-order valence-electron chi connectivity index (χ0n) is 12.7. The van der Waals surface area contributed by atoms with Gasteiger partial charge in [0.15, 0.2) is 5.65 Å². The Balaban J connectivity index is 1.49. The second-order valence-electron chi connectivity index (χ2n) is 5.00. The summed E-state index contributed by atoms with van der Waals surface area (Å²) in [5.74, 6) is 0.0583. The third-order valence-corrected chi connectivity index (χ3v) is 3.26. The molecule has 3 aromatic rings. The number of halogens is 3. The van der Waals surface area contributed by atoms with Gasteiger partial charge >= 0.3 is 6.18 Å². The number of nitrogens with one attached hydrogen (secondary N) is 2. The van der Waals surface area contributed by atoms with Crippen molar-refractivity contribution in [2.24, 2.45) is 0 Å². The van der Waals surface area contributed by atoms with Crippen LogP contribution >= 0.6 is 0 Å². The van der Waals surface area contributed by atoms with E-state index < -0.39 is 17.6 Å². The van der Waals surface area contributed by atoms with Gasteiger partial charge < -0.3 is 10.6 Å². The van der Waals surface area contributed by atoms with Crippen LogP contribution in [0.15, 0.2) is 36.4 Å². The average molecular weight is 351 g/mol. The maximum absolute atomic E-state index is 12.5. The first-order chi connectivity index (χ1) is 11.9. The summed E-state index contributed by atoms with van der Waals surface area (Å²) in [6.45, 7) is 0.627. The Bertz CT molecular complexity index is 876. The van der Waals surface area contributed by atoms with Crippen molar-refractivity contribution in [2.75, 3.05) is 18.4 Å². The van der Waals surface area contributed by atoms with Gasteiger partial charge in [-0.05, 0) is 46.8 Å². The van der Waals surface area contributed by atoms with E-state index in [0.29, 0.717) is 18.0 Å². The first kappa shape index (κ1) is 16.6. The molecule has 0 atom stereocenters. The highest BCUT2D eigenvalue weighted by molar-refractivity contribution is 5.94. The third-order valence-electron chi connectivity index (χ3n) is 3.26. The maximum Gasteiger partial charge on any atom is 0.416 e. The molecule has 1 amide bonds. The molecule has 0 aliphatic carbocycles. The fourth-order valence-electron chi connectivity index (χ4n) is 2.02. The molecule has 1 aromatic carbocycles. The van der Waals surface area contributed by atoms with Crippen LogP contribution in [0.5, 0.6) is 0 Å². The molecule has 25 heavy (non-hydrogen) atoms. The molecule has 0 fully saturated rings. The third kappa shape index (κ3) is 4.00. The second kappa shape index (κ2) is 6.71. The van der Waals surface area contributed by atoms with Gasteiger partial charge in [0, 0.05) is 18.7 Å². The number of anilines is 1. The van der Waals surface area contributed by atoms with Crippen molar-refractivity contribution in [2.45, 2.75) is 6.18 Å². The molecule has 0 aliphatic rings. The number of carbonyl (C=O) groups is 1. The van der Waals surface area contributed by atoms with Crippen LogP contribution in [0.4, 0.5) is 19.0 Å². The van der Waals surface area contributed by atoms with Gasteiger partial charge in [-0.1, -0.05) is 0 Å². The lowest BCUT2D eigenvalue weighted by atomic mass is 10.1. The lowest BCUT2D eigenvalue weighted by Gasteiger charge is -2.09. The summed E-state index contributed by atoms with van der Waals surface area (Å²) in [7, 11) is 0. The monoisotopic (exact) mass is 351 g/mol. The Morgan fingerprint density at radius 1 is 1.08 bits per heavy atom. The minimum Gasteiger partial charge on any atom is -0.367 e. The van der Waals surface area contributed by atoms with Crippen LogP contribution < -0.4 is 10.6 Å². The van der Waals surface area contributed by atoms with Crippen LogP contribution in [-0.4, -0.2) is 44.3 Å². The summed E-state index contributed by atoms with van der Waals surface area (Å²) in [6, 6.07) is 7.38. The second-order valence-corrected chi connectivity index (χ2v) is 5.00. The number of tetrazole rings is 1. The van der Waals surface area contributed by atoms with Crippen LogP contribution in [0.3, 0.4) is 0 Å². The Morgan fingerprint density at radius 3 is 2.56 bits per heavy atom. The van der Waals surface area contributed by atoms with Gasteiger partial charge in [0.2, 0.25) is 0 Å². The van der Waals surface area contributed by atoms with Gasteiger partial charge in [-0.2, -0.15) is 13.2 Å². The van der Waals surface area contributed by atoms with E-state index in [1.54, 1.807) is 12.1 Å². The molecule has 0 radical (unpaired) electrons. The molecule has 2 N–H and O–H groups in total. The van der Waals surface area contributed by atoms with Crippen molar-refractivity contribution in [3.63, 3.8) is 0 Å². The minimum atomic E-state index is -4.42. The van der Waals surface area contributed by atoms with Crippen molar-refractivity contribution < 1.29 is 18.0 Å². The molecular weight excluding hydrogens is 339 g/mol. The predicted molar refractivity (Wildman–Crippen MR) is 80.8 cm³/mol. The Morgan fingerprint density at radius 2 is 1.84 bits per heavy atom. The van der Waals surface area contributed by atoms with E-state index in [4.69, 9.17) is 0 Å². The molecule has 0 saturated carbocycles. The zero-order valence-corrected chi connectivity index (χ0v) is 12.7. The van der Waals surface area contributed by atoms with E-state index >= 15 is 0 Å². The van der Waals surface area contributed by atoms with Gasteiger partial charge in [0.25, 0.3) is 5.91 Å². The summed E-state index contributed by atoms with van der Waals surface area (Å²) in [5, 5.41) is 20.5. The lowest BCUT2D eigenvalue weighted by molar-refractivity contribution is -0.137. The molecule has 8 nitrogen and oxygen atoms in total. The number of carbonyl (C=O) groups excluding carboxylic acids is 1. The summed E-state index contributed by atoms with van der Waals surface area (Å²) in [4.78, 5) is 11.9. The highest BCUT2D eigenvalue weighted by Crippen LogP contribution is 2.29. The smallest absolute Gasteiger partial charge is 0.367 e. The quantitative estimate of drug-likeness (QED) is 0.674. The van der Waals surface area contributed by atoms with Crippen LogP contribution in [0.1, 0.15) is 15.9 Å². The van der Waals surface area contributed by atoms with Crippen molar-refractivity contribution in [3.05, 3.63) is 47.5 Å². The Kier molecular flexibility index (Phi) is 4.46. The van der Waals surface area contributed by atoms with E-state index in [1.807, 2.05) is 0 Å². The van der Waals surface area contributed by atoms with Crippen molar-refractivity contribution in [3.8, 4) is 0 Å². The number of aromatic nitrogens is 5. The number of hydrogen-bond donors (Lipinski definition) is 2. The number of alkyl halides is 3. The van der Waals surface area contributed by atoms with Crippen LogP contribution in [0.2, 0.25) is 0 Å². The van der Waals surface area contributed by atoms with E-state index in [9.17, 15) is 18.0 Å². The Labute approximate surface area is 139 Å². The molecule has 0 unspecified atom stereocenters. The number of rotatable bonds is 5. The number of benzene rings is 1. The number of amides is 1. The molecule has 0 aliphatic heterocycles. The summed E-state index contributed by atoms with van der Waals surface area (Å²) < 4.78 is 38.7. The molecule has 0 spiro atoms. The van der Waals surface area contributed by atoms with Gasteiger partial charge in [-0.25, -0.2) is 0 Å². The predicted octanol–water partition coefficient (Wildman–Crippen LogP) is 1.38. The molecule has 130 valence electrons. The highest BCUT2D eigenvalue weighted by Gasteiger charge is 2.30. The fraction of sp³-hybridized carbons (Fsp3) is 0.214. The SMILES string of the molecule is O=C(NCCNc1ccc2nnnn2n1)c1ccc(C(F)(F)F)cc1. The van der Waals surface area contributed by atoms with E-state index in [1.165, 1.54) is 4.63 Å². The van der Waals surface area contributed by atoms with Crippen LogP contribution in [0.25, 0.3) is 5.65 Å². The largest absolute Gasteiger partial charge is 0.416 e. The van der Waals surface area contributed by atoms with E-state index in [-0.39, 0.29) is 12.1 Å². The lowest BCUT2D eigenvalue weighted by Crippen LogP contribution is -2.29. The van der Waals surface area contributed by atoms with Gasteiger partial charge in [0.1, 0.15) is 5.82 Å². The molecule has 3 rings (SSSR count). The average Bonchev–Trinajstić information content (AvgIpc) is 3.05. The van der Waals surface area contributed by atoms with Crippen LogP contribution in [0, 0.1) is 0 Å². The standard InChI is InChI=1S/C14H12F3N7O/c15-14(16,17)10-3-1-9(2-4-10)13(25)19-8-7-18-11-5-6-12-20-22-23-24(12)21-11/h1-6H,7-8H2,(H,18,21)(H,19,25). The number of hydrogen-bond acceptors (Lipinski definition) is 6. The zero-order chi connectivity index (χ0) is 17.9. The molecule has 0 saturated heterocycles. The molecule has 11 heteroatoms. The van der Waals surface area contributed by atoms with Crippen molar-refractivity contribution in [1.29, 1.82) is 0 Å². The number of nitrogens with zero attached hydrogens (tertiary/aromatic N) is 5. The minimum absolute atomic E-state index is 0.154. The van der Waals surface area contributed by atoms with Gasteiger partial charge in [-0.15, -0.1) is 14.8 Å². The summed E-state index contributed by atoms with van der Waals surface area (Å²) >= 11 is 0. The molecular formula is C14H12F3N7O. The van der Waals surface area contributed by atoms with Crippen molar-refractivity contribution in [1.82, 2.24) is 30.6 Å². The van der Waals surface area contributed by atoms with Crippen molar-refractivity contribution >= 4 is 17.4 Å². The molecule has 0 bridgehead atoms. The topological polar surface area (TPSA) is 97.1 Å². The fourth-order valence-corrected chi connectivity index (χ4v) is 2.02. The van der Waals surface area contributed by atoms with Gasteiger partial charge in [0.05, 0.1) is 5.56 Å². The van der Waals surface area contributed by atoms with Crippen LogP contribution in [-0.2, 0) is 6.18 Å². The summed E-state index contributed by atoms with van der Waals surface area (Å²) in [6.07, 6.45) is -4.42. The molecule has 2 aromatic heterocycles. The summed E-state index contributed by atoms with van der Waals surface area (Å²) in [5.41, 5.74) is -0.142. The normalized spacial score (nSPS) is 11.5. The Hall–Kier alpha value is -3.24. The first-order valence-electron chi connectivity index (χ1n) is 7.18. The molecule has 2 heterocycles. The van der Waals surface area contributed by atoms with E-state index in [0.717, 1.165) is 24.3 Å². The highest BCUT2D eigenvalue weighted by atomic mass is 19.4. The van der Waals surface area contributed by atoms with E-state index in [2.05, 4.69) is 31.3 Å². The first-order valence-corrected chi connectivity index (χ1v) is 7.18. The van der Waals surface area contributed by atoms with Gasteiger partial charge in [-0.3, -0.25) is 4.79 Å².